The molecule has 1 saturated heterocycles. The summed E-state index contributed by atoms with van der Waals surface area (Å²) >= 11 is 1.53. The van der Waals surface area contributed by atoms with E-state index in [0.29, 0.717) is 18.8 Å². The minimum absolute atomic E-state index is 0.0470. The van der Waals surface area contributed by atoms with Crippen LogP contribution in [0.5, 0.6) is 0 Å². The molecule has 0 spiro atoms. The molecule has 0 bridgehead atoms. The first kappa shape index (κ1) is 15.9. The van der Waals surface area contributed by atoms with Crippen molar-refractivity contribution in [3.63, 3.8) is 0 Å². The fourth-order valence-electron chi connectivity index (χ4n) is 2.10. The largest absolute Gasteiger partial charge is 0.480 e. The van der Waals surface area contributed by atoms with Crippen LogP contribution in [0.2, 0.25) is 0 Å². The average Bonchev–Trinajstić information content (AvgIpc) is 2.87. The van der Waals surface area contributed by atoms with Gasteiger partial charge >= 0.3 is 5.97 Å². The standard InChI is InChI=1S/C14H20N2O4S/c1-14(2,3)13-15-9(8-21-13)6-11(17)16-4-5-20-7-10(16)12(18)19/h8,10H,4-7H2,1-3H3,(H,18,19). The van der Waals surface area contributed by atoms with Gasteiger partial charge in [-0.15, -0.1) is 11.3 Å². The number of hydrogen-bond donors (Lipinski definition) is 1. The van der Waals surface area contributed by atoms with E-state index >= 15 is 0 Å². The molecule has 0 radical (unpaired) electrons. The number of carbonyl (C=O) groups excluding carboxylic acids is 1. The van der Waals surface area contributed by atoms with Crippen LogP contribution in [0.1, 0.15) is 31.5 Å². The van der Waals surface area contributed by atoms with E-state index in [4.69, 9.17) is 9.84 Å². The zero-order valence-electron chi connectivity index (χ0n) is 12.5. The molecule has 0 saturated carbocycles. The zero-order valence-corrected chi connectivity index (χ0v) is 13.3. The van der Waals surface area contributed by atoms with E-state index in [2.05, 4.69) is 25.8 Å². The highest BCUT2D eigenvalue weighted by Crippen LogP contribution is 2.26. The SMILES string of the molecule is CC(C)(C)c1nc(CC(=O)N2CCOCC2C(=O)O)cs1. The summed E-state index contributed by atoms with van der Waals surface area (Å²) in [6.45, 7) is 6.94. The maximum atomic E-state index is 12.3. The van der Waals surface area contributed by atoms with Crippen molar-refractivity contribution in [2.24, 2.45) is 0 Å². The quantitative estimate of drug-likeness (QED) is 0.910. The van der Waals surface area contributed by atoms with E-state index in [9.17, 15) is 9.59 Å². The first-order chi connectivity index (χ1) is 9.79. The van der Waals surface area contributed by atoms with Crippen molar-refractivity contribution < 1.29 is 19.4 Å². The summed E-state index contributed by atoms with van der Waals surface area (Å²) in [6, 6.07) is -0.896. The van der Waals surface area contributed by atoms with Gasteiger partial charge in [0.1, 0.15) is 0 Å². The molecule has 6 nitrogen and oxygen atoms in total. The Balaban J connectivity index is 2.06. The van der Waals surface area contributed by atoms with Crippen molar-refractivity contribution in [1.82, 2.24) is 9.88 Å². The van der Waals surface area contributed by atoms with Crippen LogP contribution in [0.25, 0.3) is 0 Å². The third kappa shape index (κ3) is 3.79. The lowest BCUT2D eigenvalue weighted by atomic mass is 9.98. The molecular weight excluding hydrogens is 292 g/mol. The summed E-state index contributed by atoms with van der Waals surface area (Å²) in [5, 5.41) is 12.0. The maximum Gasteiger partial charge on any atom is 0.328 e. The predicted molar refractivity (Wildman–Crippen MR) is 78.5 cm³/mol. The summed E-state index contributed by atoms with van der Waals surface area (Å²) in [7, 11) is 0. The number of aliphatic carboxylic acids is 1. The second kappa shape index (κ2) is 6.11. The Kier molecular flexibility index (Phi) is 4.63. The van der Waals surface area contributed by atoms with Gasteiger partial charge < -0.3 is 14.7 Å². The van der Waals surface area contributed by atoms with Gasteiger partial charge in [0.25, 0.3) is 0 Å². The molecule has 7 heteroatoms. The molecule has 1 amide bonds. The number of aromatic nitrogens is 1. The predicted octanol–water partition coefficient (Wildman–Crippen LogP) is 1.30. The van der Waals surface area contributed by atoms with Crippen molar-refractivity contribution in [1.29, 1.82) is 0 Å². The number of amides is 1. The molecule has 21 heavy (non-hydrogen) atoms. The molecule has 1 aromatic heterocycles. The molecule has 1 N–H and O–H groups in total. The summed E-state index contributed by atoms with van der Waals surface area (Å²) in [5.74, 6) is -1.24. The monoisotopic (exact) mass is 312 g/mol. The van der Waals surface area contributed by atoms with E-state index in [0.717, 1.165) is 5.01 Å². The third-order valence-electron chi connectivity index (χ3n) is 3.26. The number of hydrogen-bond acceptors (Lipinski definition) is 5. The molecule has 1 unspecified atom stereocenters. The van der Waals surface area contributed by atoms with E-state index in [1.807, 2.05) is 5.38 Å². The molecular formula is C14H20N2O4S. The number of carboxylic acid groups (broad SMARTS) is 1. The number of carbonyl (C=O) groups is 2. The van der Waals surface area contributed by atoms with E-state index < -0.39 is 12.0 Å². The lowest BCUT2D eigenvalue weighted by Crippen LogP contribution is -2.53. The Morgan fingerprint density at radius 1 is 1.52 bits per heavy atom. The van der Waals surface area contributed by atoms with Gasteiger partial charge in [-0.2, -0.15) is 0 Å². The highest BCUT2D eigenvalue weighted by molar-refractivity contribution is 7.09. The van der Waals surface area contributed by atoms with Gasteiger partial charge in [0, 0.05) is 17.3 Å². The van der Waals surface area contributed by atoms with E-state index in [1.54, 1.807) is 0 Å². The summed E-state index contributed by atoms with van der Waals surface area (Å²) in [6.07, 6.45) is 0.135. The Bertz CT molecular complexity index is 535. The second-order valence-corrected chi connectivity index (χ2v) is 6.94. The van der Waals surface area contributed by atoms with Crippen LogP contribution in [0, 0.1) is 0 Å². The van der Waals surface area contributed by atoms with Crippen molar-refractivity contribution >= 4 is 23.2 Å². The van der Waals surface area contributed by atoms with Crippen LogP contribution in [-0.2, 0) is 26.2 Å². The second-order valence-electron chi connectivity index (χ2n) is 6.09. The van der Waals surface area contributed by atoms with Gasteiger partial charge in [0.2, 0.25) is 5.91 Å². The van der Waals surface area contributed by atoms with Gasteiger partial charge in [-0.25, -0.2) is 9.78 Å². The number of morpholine rings is 1. The summed E-state index contributed by atoms with van der Waals surface area (Å²) in [5.41, 5.74) is 0.652. The van der Waals surface area contributed by atoms with Gasteiger partial charge in [-0.3, -0.25) is 4.79 Å². The summed E-state index contributed by atoms with van der Waals surface area (Å²) < 4.78 is 5.13. The zero-order chi connectivity index (χ0) is 15.6. The number of thiazole rings is 1. The number of ether oxygens (including phenoxy) is 1. The fraction of sp³-hybridized carbons (Fsp3) is 0.643. The van der Waals surface area contributed by atoms with Crippen molar-refractivity contribution in [3.05, 3.63) is 16.1 Å². The molecule has 0 aliphatic carbocycles. The fourth-order valence-corrected chi connectivity index (χ4v) is 3.00. The molecule has 1 aliphatic heterocycles. The Hall–Kier alpha value is -1.47. The lowest BCUT2D eigenvalue weighted by Gasteiger charge is -2.32. The minimum atomic E-state index is -1.03. The Morgan fingerprint density at radius 2 is 2.24 bits per heavy atom. The molecule has 1 atom stereocenters. The molecule has 2 heterocycles. The Morgan fingerprint density at radius 3 is 2.81 bits per heavy atom. The van der Waals surface area contributed by atoms with Crippen molar-refractivity contribution in [2.75, 3.05) is 19.8 Å². The highest BCUT2D eigenvalue weighted by Gasteiger charge is 2.33. The Labute approximate surface area is 127 Å². The van der Waals surface area contributed by atoms with E-state index in [-0.39, 0.29) is 24.3 Å². The van der Waals surface area contributed by atoms with Crippen LogP contribution in [-0.4, -0.2) is 52.7 Å². The van der Waals surface area contributed by atoms with Crippen LogP contribution in [0.3, 0.4) is 0 Å². The maximum absolute atomic E-state index is 12.3. The molecule has 1 aliphatic rings. The smallest absolute Gasteiger partial charge is 0.328 e. The topological polar surface area (TPSA) is 79.7 Å². The number of nitrogens with zero attached hydrogens (tertiary/aromatic N) is 2. The van der Waals surface area contributed by atoms with Crippen LogP contribution in [0.15, 0.2) is 5.38 Å². The first-order valence-electron chi connectivity index (χ1n) is 6.84. The van der Waals surface area contributed by atoms with Crippen molar-refractivity contribution in [3.8, 4) is 0 Å². The van der Waals surface area contributed by atoms with Crippen LogP contribution >= 0.6 is 11.3 Å². The minimum Gasteiger partial charge on any atom is -0.480 e. The van der Waals surface area contributed by atoms with Crippen molar-refractivity contribution in [2.45, 2.75) is 38.6 Å². The molecule has 116 valence electrons. The number of carboxylic acids is 1. The van der Waals surface area contributed by atoms with Crippen LogP contribution in [0.4, 0.5) is 0 Å². The normalized spacial score (nSPS) is 19.6. The molecule has 1 fully saturated rings. The van der Waals surface area contributed by atoms with Gasteiger partial charge in [0.05, 0.1) is 30.3 Å². The van der Waals surface area contributed by atoms with Crippen LogP contribution < -0.4 is 0 Å². The van der Waals surface area contributed by atoms with E-state index in [1.165, 1.54) is 16.2 Å². The van der Waals surface area contributed by atoms with Gasteiger partial charge in [-0.1, -0.05) is 20.8 Å². The van der Waals surface area contributed by atoms with Gasteiger partial charge in [0.15, 0.2) is 6.04 Å². The lowest BCUT2D eigenvalue weighted by molar-refractivity contribution is -0.158. The van der Waals surface area contributed by atoms with Gasteiger partial charge in [-0.05, 0) is 0 Å². The number of rotatable bonds is 3. The summed E-state index contributed by atoms with van der Waals surface area (Å²) in [4.78, 5) is 29.3. The molecule has 2 rings (SSSR count). The molecule has 1 aromatic rings. The third-order valence-corrected chi connectivity index (χ3v) is 4.58. The molecule has 0 aromatic carbocycles. The average molecular weight is 312 g/mol. The first-order valence-corrected chi connectivity index (χ1v) is 7.72. The highest BCUT2D eigenvalue weighted by atomic mass is 32.1.